The van der Waals surface area contributed by atoms with Crippen molar-refractivity contribution in [1.29, 1.82) is 0 Å². The van der Waals surface area contributed by atoms with Crippen molar-refractivity contribution in [3.8, 4) is 11.1 Å². The third kappa shape index (κ3) is 4.79. The molecule has 25 heavy (non-hydrogen) atoms. The molecule has 2 aromatic rings. The van der Waals surface area contributed by atoms with Crippen molar-refractivity contribution in [3.63, 3.8) is 0 Å². The van der Waals surface area contributed by atoms with Crippen molar-refractivity contribution in [1.82, 2.24) is 4.90 Å². The molecule has 0 bridgehead atoms. The van der Waals surface area contributed by atoms with E-state index in [2.05, 4.69) is 37.0 Å². The van der Waals surface area contributed by atoms with Gasteiger partial charge >= 0.3 is 0 Å². The summed E-state index contributed by atoms with van der Waals surface area (Å²) >= 11 is 0. The average molecular weight is 336 g/mol. The first-order chi connectivity index (χ1) is 12.1. The molecule has 0 saturated carbocycles. The van der Waals surface area contributed by atoms with Crippen molar-refractivity contribution in [3.05, 3.63) is 53.6 Å². The summed E-state index contributed by atoms with van der Waals surface area (Å²) in [6, 6.07) is 14.2. The molecule has 0 aromatic heterocycles. The molecular weight excluding hydrogens is 308 g/mol. The van der Waals surface area contributed by atoms with Crippen molar-refractivity contribution < 1.29 is 4.79 Å². The lowest BCUT2D eigenvalue weighted by Crippen LogP contribution is -2.30. The number of hydrogen-bond acceptors (Lipinski definition) is 2. The number of amides is 1. The van der Waals surface area contributed by atoms with Crippen LogP contribution < -0.4 is 0 Å². The van der Waals surface area contributed by atoms with Gasteiger partial charge in [0.25, 0.3) is 5.91 Å². The molecule has 0 aliphatic carbocycles. The van der Waals surface area contributed by atoms with Gasteiger partial charge in [-0.3, -0.25) is 9.79 Å². The van der Waals surface area contributed by atoms with Gasteiger partial charge < -0.3 is 4.90 Å². The van der Waals surface area contributed by atoms with E-state index in [0.29, 0.717) is 0 Å². The molecule has 0 spiro atoms. The van der Waals surface area contributed by atoms with E-state index in [1.54, 1.807) is 0 Å². The van der Waals surface area contributed by atoms with E-state index in [9.17, 15) is 4.79 Å². The highest BCUT2D eigenvalue weighted by molar-refractivity contribution is 5.94. The molecule has 0 saturated heterocycles. The van der Waals surface area contributed by atoms with E-state index < -0.39 is 0 Å². The highest BCUT2D eigenvalue weighted by Gasteiger charge is 2.12. The second-order valence-corrected chi connectivity index (χ2v) is 6.16. The first-order valence-electron chi connectivity index (χ1n) is 9.13. The molecule has 0 fully saturated rings. The van der Waals surface area contributed by atoms with Gasteiger partial charge in [0.1, 0.15) is 0 Å². The number of rotatable bonds is 7. The van der Waals surface area contributed by atoms with Crippen molar-refractivity contribution >= 4 is 17.8 Å². The van der Waals surface area contributed by atoms with Crippen LogP contribution in [0.5, 0.6) is 0 Å². The number of aryl methyl sites for hydroxylation is 1. The van der Waals surface area contributed by atoms with Crippen LogP contribution in [0, 0.1) is 6.92 Å². The van der Waals surface area contributed by atoms with Crippen molar-refractivity contribution in [2.75, 3.05) is 13.1 Å². The normalized spacial score (nSPS) is 11.0. The van der Waals surface area contributed by atoms with Gasteiger partial charge in [-0.25, -0.2) is 0 Å². The van der Waals surface area contributed by atoms with E-state index in [-0.39, 0.29) is 5.91 Å². The number of carbonyl (C=O) groups excluding carboxylic acids is 1. The second kappa shape index (κ2) is 9.16. The monoisotopic (exact) mass is 336 g/mol. The topological polar surface area (TPSA) is 32.7 Å². The first kappa shape index (κ1) is 18.9. The van der Waals surface area contributed by atoms with Crippen LogP contribution in [0.15, 0.2) is 47.5 Å². The Kier molecular flexibility index (Phi) is 6.93. The highest BCUT2D eigenvalue weighted by Crippen LogP contribution is 2.27. The largest absolute Gasteiger partial charge is 0.339 e. The summed E-state index contributed by atoms with van der Waals surface area (Å²) in [5.41, 5.74) is 5.14. The van der Waals surface area contributed by atoms with E-state index in [1.165, 1.54) is 5.56 Å². The van der Waals surface area contributed by atoms with Gasteiger partial charge in [-0.2, -0.15) is 0 Å². The van der Waals surface area contributed by atoms with Crippen LogP contribution in [-0.2, 0) is 0 Å². The van der Waals surface area contributed by atoms with Crippen LogP contribution in [0.1, 0.15) is 49.5 Å². The number of unbranched alkanes of at least 4 members (excludes halogenated alkanes) is 1. The number of nitrogens with zero attached hydrogens (tertiary/aromatic N) is 2. The average Bonchev–Trinajstić information content (AvgIpc) is 2.64. The summed E-state index contributed by atoms with van der Waals surface area (Å²) in [5, 5.41) is 0. The summed E-state index contributed by atoms with van der Waals surface area (Å²) in [5.74, 6) is 0.0883. The van der Waals surface area contributed by atoms with Crippen LogP contribution in [-0.4, -0.2) is 30.1 Å². The summed E-state index contributed by atoms with van der Waals surface area (Å²) in [7, 11) is 0. The maximum absolute atomic E-state index is 12.4. The SMILES string of the molecule is CCCC=Nc1cc(-c2ccc(C(=O)N(CC)CC)cc2)ccc1C. The van der Waals surface area contributed by atoms with Gasteiger partial charge in [0.15, 0.2) is 0 Å². The summed E-state index contributed by atoms with van der Waals surface area (Å²) in [6.45, 7) is 9.69. The molecule has 0 aliphatic rings. The fraction of sp³-hybridized carbons (Fsp3) is 0.364. The molecule has 0 aliphatic heterocycles. The van der Waals surface area contributed by atoms with E-state index in [0.717, 1.165) is 48.3 Å². The lowest BCUT2D eigenvalue weighted by atomic mass is 10.0. The van der Waals surface area contributed by atoms with E-state index in [1.807, 2.05) is 49.2 Å². The second-order valence-electron chi connectivity index (χ2n) is 6.16. The smallest absolute Gasteiger partial charge is 0.253 e. The Morgan fingerprint density at radius 1 is 1.00 bits per heavy atom. The Balaban J connectivity index is 2.25. The third-order valence-electron chi connectivity index (χ3n) is 4.37. The van der Waals surface area contributed by atoms with Crippen LogP contribution in [0.4, 0.5) is 5.69 Å². The Morgan fingerprint density at radius 3 is 2.24 bits per heavy atom. The van der Waals surface area contributed by atoms with E-state index >= 15 is 0 Å². The van der Waals surface area contributed by atoms with Crippen LogP contribution in [0.2, 0.25) is 0 Å². The Hall–Kier alpha value is -2.42. The molecule has 2 aromatic carbocycles. The van der Waals surface area contributed by atoms with Gasteiger partial charge in [-0.05, 0) is 62.1 Å². The minimum Gasteiger partial charge on any atom is -0.339 e. The molecule has 132 valence electrons. The number of aliphatic imine (C=N–C) groups is 1. The molecular formula is C22H28N2O. The molecule has 0 heterocycles. The van der Waals surface area contributed by atoms with E-state index in [4.69, 9.17) is 0 Å². The summed E-state index contributed by atoms with van der Waals surface area (Å²) < 4.78 is 0. The lowest BCUT2D eigenvalue weighted by Gasteiger charge is -2.18. The summed E-state index contributed by atoms with van der Waals surface area (Å²) in [6.07, 6.45) is 4.08. The van der Waals surface area contributed by atoms with Gasteiger partial charge in [0.05, 0.1) is 5.69 Å². The third-order valence-corrected chi connectivity index (χ3v) is 4.37. The minimum absolute atomic E-state index is 0.0883. The molecule has 0 unspecified atom stereocenters. The van der Waals surface area contributed by atoms with Crippen LogP contribution in [0.3, 0.4) is 0 Å². The fourth-order valence-corrected chi connectivity index (χ4v) is 2.72. The Bertz CT molecular complexity index is 728. The zero-order valence-electron chi connectivity index (χ0n) is 15.7. The molecule has 0 radical (unpaired) electrons. The minimum atomic E-state index is 0.0883. The van der Waals surface area contributed by atoms with Crippen molar-refractivity contribution in [2.24, 2.45) is 4.99 Å². The van der Waals surface area contributed by atoms with Crippen LogP contribution >= 0.6 is 0 Å². The summed E-state index contributed by atoms with van der Waals surface area (Å²) in [4.78, 5) is 18.8. The van der Waals surface area contributed by atoms with Crippen LogP contribution in [0.25, 0.3) is 11.1 Å². The Labute approximate surface area is 151 Å². The van der Waals surface area contributed by atoms with Gasteiger partial charge in [0, 0.05) is 24.9 Å². The highest BCUT2D eigenvalue weighted by atomic mass is 16.2. The maximum atomic E-state index is 12.4. The standard InChI is InChI=1S/C22H28N2O/c1-5-8-15-23-21-16-20(10-9-17(21)4)18-11-13-19(14-12-18)22(25)24(6-2)7-3/h9-16H,5-8H2,1-4H3. The molecule has 2 rings (SSSR count). The van der Waals surface area contributed by atoms with Gasteiger partial charge in [0.2, 0.25) is 0 Å². The predicted molar refractivity (Wildman–Crippen MR) is 107 cm³/mol. The maximum Gasteiger partial charge on any atom is 0.253 e. The fourth-order valence-electron chi connectivity index (χ4n) is 2.72. The predicted octanol–water partition coefficient (Wildman–Crippen LogP) is 5.65. The molecule has 3 heteroatoms. The number of benzene rings is 2. The van der Waals surface area contributed by atoms with Crippen molar-refractivity contribution in [2.45, 2.75) is 40.5 Å². The molecule has 3 nitrogen and oxygen atoms in total. The quantitative estimate of drug-likeness (QED) is 0.602. The van der Waals surface area contributed by atoms with Gasteiger partial charge in [-0.15, -0.1) is 0 Å². The zero-order chi connectivity index (χ0) is 18.2. The molecule has 1 amide bonds. The van der Waals surface area contributed by atoms with Gasteiger partial charge in [-0.1, -0.05) is 37.6 Å². The lowest BCUT2D eigenvalue weighted by molar-refractivity contribution is 0.0773. The first-order valence-corrected chi connectivity index (χ1v) is 9.13. The number of hydrogen-bond donors (Lipinski definition) is 0. The molecule has 0 atom stereocenters. The number of carbonyl (C=O) groups is 1. The Morgan fingerprint density at radius 2 is 1.64 bits per heavy atom. The zero-order valence-corrected chi connectivity index (χ0v) is 15.7. The molecule has 0 N–H and O–H groups in total.